The number of carbonyl (C=O) groups excluding carboxylic acids is 2. The van der Waals surface area contributed by atoms with Crippen LogP contribution in [0.4, 0.5) is 5.69 Å². The van der Waals surface area contributed by atoms with E-state index in [1.54, 1.807) is 54.6 Å². The van der Waals surface area contributed by atoms with Gasteiger partial charge in [-0.05, 0) is 42.5 Å². The summed E-state index contributed by atoms with van der Waals surface area (Å²) in [6.45, 7) is 0.203. The number of nitrogens with zero attached hydrogens (tertiary/aromatic N) is 2. The van der Waals surface area contributed by atoms with Crippen LogP contribution in [0.5, 0.6) is 0 Å². The smallest absolute Gasteiger partial charge is 0.337 e. The van der Waals surface area contributed by atoms with Crippen molar-refractivity contribution in [1.82, 2.24) is 9.55 Å². The number of amides is 1. The fraction of sp³-hybridized carbons (Fsp3) is 0.130. The van der Waals surface area contributed by atoms with Crippen LogP contribution in [0.15, 0.2) is 81.3 Å². The largest absolute Gasteiger partial charge is 0.467 e. The molecule has 8 nitrogen and oxygen atoms in total. The highest BCUT2D eigenvalue weighted by Crippen LogP contribution is 2.20. The molecule has 4 aromatic rings. The summed E-state index contributed by atoms with van der Waals surface area (Å²) in [6, 6.07) is 17.1. The molecule has 0 radical (unpaired) electrons. The molecule has 9 heteroatoms. The molecule has 32 heavy (non-hydrogen) atoms. The first kappa shape index (κ1) is 21.4. The quantitative estimate of drug-likeness (QED) is 0.261. The molecule has 0 spiro atoms. The van der Waals surface area contributed by atoms with E-state index in [4.69, 9.17) is 9.15 Å². The number of aromatic nitrogens is 2. The Morgan fingerprint density at radius 2 is 1.97 bits per heavy atom. The van der Waals surface area contributed by atoms with Gasteiger partial charge in [0.25, 0.3) is 5.56 Å². The monoisotopic (exact) mass is 449 g/mol. The van der Waals surface area contributed by atoms with Gasteiger partial charge in [0.05, 0.1) is 42.1 Å². The van der Waals surface area contributed by atoms with Gasteiger partial charge in [-0.3, -0.25) is 14.2 Å². The SMILES string of the molecule is COC(=O)c1cccc(NC(=O)CSc2nc3ccccc3c(=O)n2Cc2ccco2)c1. The highest BCUT2D eigenvalue weighted by atomic mass is 32.2. The maximum Gasteiger partial charge on any atom is 0.337 e. The van der Waals surface area contributed by atoms with Crippen molar-refractivity contribution in [3.05, 3.63) is 88.6 Å². The van der Waals surface area contributed by atoms with Crippen molar-refractivity contribution in [3.8, 4) is 0 Å². The summed E-state index contributed by atoms with van der Waals surface area (Å²) in [5.74, 6) is -0.164. The number of hydrogen-bond acceptors (Lipinski definition) is 7. The van der Waals surface area contributed by atoms with E-state index in [9.17, 15) is 14.4 Å². The number of nitrogens with one attached hydrogen (secondary N) is 1. The van der Waals surface area contributed by atoms with Crippen LogP contribution >= 0.6 is 11.8 Å². The van der Waals surface area contributed by atoms with Crippen molar-refractivity contribution in [2.45, 2.75) is 11.7 Å². The van der Waals surface area contributed by atoms with Gasteiger partial charge in [-0.1, -0.05) is 30.0 Å². The van der Waals surface area contributed by atoms with Gasteiger partial charge in [0.15, 0.2) is 5.16 Å². The van der Waals surface area contributed by atoms with E-state index in [0.29, 0.717) is 33.1 Å². The summed E-state index contributed by atoms with van der Waals surface area (Å²) in [5, 5.41) is 3.65. The number of esters is 1. The topological polar surface area (TPSA) is 103 Å². The first-order chi connectivity index (χ1) is 15.5. The standard InChI is InChI=1S/C23H19N3O5S/c1-30-22(29)15-6-4-7-16(12-15)24-20(27)14-32-23-25-19-10-3-2-9-18(19)21(28)26(23)13-17-8-5-11-31-17/h2-12H,13-14H2,1H3,(H,24,27). The Morgan fingerprint density at radius 1 is 1.12 bits per heavy atom. The van der Waals surface area contributed by atoms with Crippen molar-refractivity contribution in [2.75, 3.05) is 18.2 Å². The van der Waals surface area contributed by atoms with Gasteiger partial charge in [0.2, 0.25) is 5.91 Å². The van der Waals surface area contributed by atoms with E-state index in [1.807, 2.05) is 0 Å². The molecule has 0 aliphatic heterocycles. The summed E-state index contributed by atoms with van der Waals surface area (Å²) in [5.41, 5.74) is 1.15. The second-order valence-electron chi connectivity index (χ2n) is 6.79. The molecule has 0 fully saturated rings. The summed E-state index contributed by atoms with van der Waals surface area (Å²) in [6.07, 6.45) is 1.54. The molecule has 0 atom stereocenters. The molecule has 2 heterocycles. The van der Waals surface area contributed by atoms with Crippen molar-refractivity contribution in [1.29, 1.82) is 0 Å². The fourth-order valence-electron chi connectivity index (χ4n) is 3.12. The first-order valence-corrected chi connectivity index (χ1v) is 10.7. The van der Waals surface area contributed by atoms with Crippen LogP contribution in [-0.4, -0.2) is 34.3 Å². The number of carbonyl (C=O) groups is 2. The highest BCUT2D eigenvalue weighted by molar-refractivity contribution is 7.99. The van der Waals surface area contributed by atoms with Gasteiger partial charge >= 0.3 is 5.97 Å². The van der Waals surface area contributed by atoms with E-state index < -0.39 is 5.97 Å². The molecule has 2 aromatic carbocycles. The Kier molecular flexibility index (Phi) is 6.37. The minimum absolute atomic E-state index is 0.0192. The van der Waals surface area contributed by atoms with Crippen molar-refractivity contribution in [3.63, 3.8) is 0 Å². The maximum atomic E-state index is 13.1. The molecule has 0 aliphatic rings. The molecular formula is C23H19N3O5S. The number of thioether (sulfide) groups is 1. The molecule has 4 rings (SSSR count). The lowest BCUT2D eigenvalue weighted by Gasteiger charge is -2.12. The molecule has 0 unspecified atom stereocenters. The van der Waals surface area contributed by atoms with Gasteiger partial charge < -0.3 is 14.5 Å². The fourth-order valence-corrected chi connectivity index (χ4v) is 3.92. The number of furan rings is 1. The number of hydrogen-bond donors (Lipinski definition) is 1. The summed E-state index contributed by atoms with van der Waals surface area (Å²) >= 11 is 1.15. The predicted octanol–water partition coefficient (Wildman–Crippen LogP) is 3.56. The van der Waals surface area contributed by atoms with E-state index in [-0.39, 0.29) is 23.8 Å². The van der Waals surface area contributed by atoms with Gasteiger partial charge in [0, 0.05) is 5.69 Å². The van der Waals surface area contributed by atoms with E-state index in [1.165, 1.54) is 24.0 Å². The molecule has 2 aromatic heterocycles. The lowest BCUT2D eigenvalue weighted by atomic mass is 10.2. The number of methoxy groups -OCH3 is 1. The molecule has 1 N–H and O–H groups in total. The third-order valence-corrected chi connectivity index (χ3v) is 5.60. The molecule has 162 valence electrons. The highest BCUT2D eigenvalue weighted by Gasteiger charge is 2.15. The van der Waals surface area contributed by atoms with Crippen LogP contribution in [0.1, 0.15) is 16.1 Å². The maximum absolute atomic E-state index is 13.1. The summed E-state index contributed by atoms with van der Waals surface area (Å²) in [4.78, 5) is 41.9. The Balaban J connectivity index is 1.55. The van der Waals surface area contributed by atoms with Crippen LogP contribution in [0.25, 0.3) is 10.9 Å². The van der Waals surface area contributed by atoms with Crippen molar-refractivity contribution >= 4 is 40.2 Å². The van der Waals surface area contributed by atoms with Crippen LogP contribution in [-0.2, 0) is 16.1 Å². The van der Waals surface area contributed by atoms with Crippen LogP contribution in [0.3, 0.4) is 0 Å². The number of anilines is 1. The summed E-state index contributed by atoms with van der Waals surface area (Å²) in [7, 11) is 1.29. The zero-order valence-corrected chi connectivity index (χ0v) is 17.9. The molecule has 0 bridgehead atoms. The minimum atomic E-state index is -0.488. The van der Waals surface area contributed by atoms with Crippen molar-refractivity contribution < 1.29 is 18.7 Å². The molecule has 0 aliphatic carbocycles. The lowest BCUT2D eigenvalue weighted by molar-refractivity contribution is -0.113. The molecule has 0 saturated heterocycles. The van der Waals surface area contributed by atoms with E-state index >= 15 is 0 Å². The molecule has 1 amide bonds. The Bertz CT molecular complexity index is 1330. The van der Waals surface area contributed by atoms with E-state index in [0.717, 1.165) is 11.8 Å². The van der Waals surface area contributed by atoms with Crippen LogP contribution in [0, 0.1) is 0 Å². The Labute approximate surface area is 187 Å². The van der Waals surface area contributed by atoms with Crippen LogP contribution in [0.2, 0.25) is 0 Å². The average molecular weight is 449 g/mol. The zero-order chi connectivity index (χ0) is 22.5. The zero-order valence-electron chi connectivity index (χ0n) is 17.1. The number of benzene rings is 2. The molecular weight excluding hydrogens is 430 g/mol. The van der Waals surface area contributed by atoms with Crippen LogP contribution < -0.4 is 10.9 Å². The number of para-hydroxylation sites is 1. The van der Waals surface area contributed by atoms with E-state index in [2.05, 4.69) is 10.3 Å². The lowest BCUT2D eigenvalue weighted by Crippen LogP contribution is -2.24. The number of rotatable bonds is 7. The van der Waals surface area contributed by atoms with Gasteiger partial charge in [0.1, 0.15) is 5.76 Å². The molecule has 0 saturated carbocycles. The van der Waals surface area contributed by atoms with Gasteiger partial charge in [-0.25, -0.2) is 9.78 Å². The first-order valence-electron chi connectivity index (χ1n) is 9.68. The second-order valence-corrected chi connectivity index (χ2v) is 7.73. The average Bonchev–Trinajstić information content (AvgIpc) is 3.33. The number of fused-ring (bicyclic) bond motifs is 1. The van der Waals surface area contributed by atoms with Crippen molar-refractivity contribution in [2.24, 2.45) is 0 Å². The Morgan fingerprint density at radius 3 is 2.75 bits per heavy atom. The Hall–Kier alpha value is -3.85. The third-order valence-electron chi connectivity index (χ3n) is 4.62. The normalized spacial score (nSPS) is 10.8. The third kappa shape index (κ3) is 4.73. The predicted molar refractivity (Wildman–Crippen MR) is 121 cm³/mol. The second kappa shape index (κ2) is 9.52. The van der Waals surface area contributed by atoms with Gasteiger partial charge in [-0.15, -0.1) is 0 Å². The summed E-state index contributed by atoms with van der Waals surface area (Å²) < 4.78 is 11.6. The number of ether oxygens (including phenoxy) is 1. The minimum Gasteiger partial charge on any atom is -0.467 e. The van der Waals surface area contributed by atoms with Gasteiger partial charge in [-0.2, -0.15) is 0 Å².